The van der Waals surface area contributed by atoms with Gasteiger partial charge in [-0.3, -0.25) is 9.59 Å². The van der Waals surface area contributed by atoms with Gasteiger partial charge < -0.3 is 10.1 Å². The Morgan fingerprint density at radius 3 is 2.08 bits per heavy atom. The first-order valence-corrected chi connectivity index (χ1v) is 8.55. The fourth-order valence-electron chi connectivity index (χ4n) is 2.28. The molecule has 136 valence electrons. The van der Waals surface area contributed by atoms with E-state index in [1.807, 2.05) is 26.8 Å². The average molecular weight is 353 g/mol. The lowest BCUT2D eigenvalue weighted by Crippen LogP contribution is -2.38. The van der Waals surface area contributed by atoms with Gasteiger partial charge in [0.1, 0.15) is 0 Å². The van der Waals surface area contributed by atoms with E-state index in [9.17, 15) is 14.4 Å². The molecule has 5 nitrogen and oxygen atoms in total. The highest BCUT2D eigenvalue weighted by Crippen LogP contribution is 2.15. The standard InChI is InChI=1S/C21H23NO4/c1-14(2)15(3)22-19(23)13-26-21(25)18-12-8-7-11-17(18)20(24)16-9-5-4-6-10-16/h4-12,14-15H,13H2,1-3H3,(H,22,23)/t15-/m0/s1. The smallest absolute Gasteiger partial charge is 0.339 e. The quantitative estimate of drug-likeness (QED) is 0.613. The lowest BCUT2D eigenvalue weighted by molar-refractivity contribution is -0.125. The van der Waals surface area contributed by atoms with E-state index in [1.54, 1.807) is 42.5 Å². The number of hydrogen-bond donors (Lipinski definition) is 1. The molecule has 0 aromatic heterocycles. The van der Waals surface area contributed by atoms with Gasteiger partial charge in [0.2, 0.25) is 0 Å². The molecule has 0 aliphatic heterocycles. The lowest BCUT2D eigenvalue weighted by Gasteiger charge is -2.17. The van der Waals surface area contributed by atoms with E-state index in [0.29, 0.717) is 5.56 Å². The summed E-state index contributed by atoms with van der Waals surface area (Å²) in [4.78, 5) is 36.9. The van der Waals surface area contributed by atoms with Crippen LogP contribution in [0.25, 0.3) is 0 Å². The monoisotopic (exact) mass is 353 g/mol. The molecule has 1 amide bonds. The Kier molecular flexibility index (Phi) is 6.67. The van der Waals surface area contributed by atoms with Gasteiger partial charge >= 0.3 is 5.97 Å². The van der Waals surface area contributed by atoms with Crippen LogP contribution < -0.4 is 5.32 Å². The van der Waals surface area contributed by atoms with Crippen molar-refractivity contribution in [2.75, 3.05) is 6.61 Å². The molecule has 0 saturated heterocycles. The second kappa shape index (κ2) is 8.94. The zero-order chi connectivity index (χ0) is 19.1. The molecule has 2 aromatic rings. The predicted molar refractivity (Wildman–Crippen MR) is 99.0 cm³/mol. The van der Waals surface area contributed by atoms with Gasteiger partial charge in [0.25, 0.3) is 5.91 Å². The number of ether oxygens (including phenoxy) is 1. The van der Waals surface area contributed by atoms with E-state index >= 15 is 0 Å². The van der Waals surface area contributed by atoms with Crippen molar-refractivity contribution in [1.29, 1.82) is 0 Å². The minimum absolute atomic E-state index is 0.0202. The Morgan fingerprint density at radius 2 is 1.46 bits per heavy atom. The third-order valence-corrected chi connectivity index (χ3v) is 4.15. The number of rotatable bonds is 7. The van der Waals surface area contributed by atoms with E-state index in [4.69, 9.17) is 4.74 Å². The molecule has 5 heteroatoms. The first kappa shape index (κ1) is 19.4. The molecule has 0 aliphatic carbocycles. The highest BCUT2D eigenvalue weighted by molar-refractivity contribution is 6.14. The molecular formula is C21H23NO4. The highest BCUT2D eigenvalue weighted by Gasteiger charge is 2.20. The number of esters is 1. The third kappa shape index (κ3) is 5.02. The van der Waals surface area contributed by atoms with Gasteiger partial charge in [-0.25, -0.2) is 4.79 Å². The van der Waals surface area contributed by atoms with E-state index in [2.05, 4.69) is 5.32 Å². The summed E-state index contributed by atoms with van der Waals surface area (Å²) in [6.07, 6.45) is 0. The van der Waals surface area contributed by atoms with Gasteiger partial charge in [-0.15, -0.1) is 0 Å². The molecule has 0 unspecified atom stereocenters. The minimum atomic E-state index is -0.697. The van der Waals surface area contributed by atoms with Crippen molar-refractivity contribution in [3.8, 4) is 0 Å². The number of ketones is 1. The number of hydrogen-bond acceptors (Lipinski definition) is 4. The van der Waals surface area contributed by atoms with Gasteiger partial charge in [0.15, 0.2) is 12.4 Å². The molecule has 0 fully saturated rings. The van der Waals surface area contributed by atoms with Crippen LogP contribution >= 0.6 is 0 Å². The number of carbonyl (C=O) groups excluding carboxylic acids is 3. The zero-order valence-electron chi connectivity index (χ0n) is 15.2. The van der Waals surface area contributed by atoms with E-state index in [1.165, 1.54) is 6.07 Å². The van der Waals surface area contributed by atoms with Crippen LogP contribution in [0, 0.1) is 5.92 Å². The first-order valence-electron chi connectivity index (χ1n) is 8.55. The molecule has 2 rings (SSSR count). The second-order valence-electron chi connectivity index (χ2n) is 6.42. The zero-order valence-corrected chi connectivity index (χ0v) is 15.2. The summed E-state index contributed by atoms with van der Waals surface area (Å²) in [5.41, 5.74) is 0.877. The molecule has 0 radical (unpaired) electrons. The molecule has 0 aliphatic rings. The van der Waals surface area contributed by atoms with Crippen molar-refractivity contribution in [2.24, 2.45) is 5.92 Å². The van der Waals surface area contributed by atoms with Crippen LogP contribution in [0.1, 0.15) is 47.1 Å². The van der Waals surface area contributed by atoms with Crippen molar-refractivity contribution in [3.63, 3.8) is 0 Å². The fourth-order valence-corrected chi connectivity index (χ4v) is 2.28. The maximum atomic E-state index is 12.6. The van der Waals surface area contributed by atoms with Crippen LogP contribution in [0.15, 0.2) is 54.6 Å². The number of carbonyl (C=O) groups is 3. The summed E-state index contributed by atoms with van der Waals surface area (Å²) in [7, 11) is 0. The van der Waals surface area contributed by atoms with Crippen molar-refractivity contribution >= 4 is 17.7 Å². The number of amides is 1. The Balaban J connectivity index is 2.08. The summed E-state index contributed by atoms with van der Waals surface area (Å²) in [6.45, 7) is 5.48. The Hall–Kier alpha value is -2.95. The Labute approximate surface area is 153 Å². The number of nitrogens with one attached hydrogen (secondary N) is 1. The van der Waals surface area contributed by atoms with Crippen LogP contribution in [-0.4, -0.2) is 30.3 Å². The molecule has 0 saturated carbocycles. The van der Waals surface area contributed by atoms with Gasteiger partial charge in [-0.2, -0.15) is 0 Å². The Morgan fingerprint density at radius 1 is 0.885 bits per heavy atom. The normalized spacial score (nSPS) is 11.7. The predicted octanol–water partition coefficient (Wildman–Crippen LogP) is 3.24. The second-order valence-corrected chi connectivity index (χ2v) is 6.42. The molecule has 0 spiro atoms. The molecular weight excluding hydrogens is 330 g/mol. The molecule has 1 N–H and O–H groups in total. The summed E-state index contributed by atoms with van der Waals surface area (Å²) < 4.78 is 5.09. The average Bonchev–Trinajstić information content (AvgIpc) is 2.66. The third-order valence-electron chi connectivity index (χ3n) is 4.15. The molecule has 26 heavy (non-hydrogen) atoms. The first-order chi connectivity index (χ1) is 12.4. The van der Waals surface area contributed by atoms with E-state index < -0.39 is 5.97 Å². The van der Waals surface area contributed by atoms with Crippen LogP contribution in [-0.2, 0) is 9.53 Å². The van der Waals surface area contributed by atoms with Crippen molar-refractivity contribution in [3.05, 3.63) is 71.3 Å². The maximum Gasteiger partial charge on any atom is 0.339 e. The molecule has 1 atom stereocenters. The maximum absolute atomic E-state index is 12.6. The topological polar surface area (TPSA) is 72.5 Å². The van der Waals surface area contributed by atoms with Crippen molar-refractivity contribution in [2.45, 2.75) is 26.8 Å². The van der Waals surface area contributed by atoms with Crippen molar-refractivity contribution in [1.82, 2.24) is 5.32 Å². The molecule has 2 aromatic carbocycles. The lowest BCUT2D eigenvalue weighted by atomic mass is 9.98. The fraction of sp³-hybridized carbons (Fsp3) is 0.286. The molecule has 0 heterocycles. The summed E-state index contributed by atoms with van der Waals surface area (Å²) >= 11 is 0. The number of benzene rings is 2. The van der Waals surface area contributed by atoms with Crippen LogP contribution in [0.3, 0.4) is 0 Å². The minimum Gasteiger partial charge on any atom is -0.452 e. The van der Waals surface area contributed by atoms with Crippen LogP contribution in [0.5, 0.6) is 0 Å². The van der Waals surface area contributed by atoms with Gasteiger partial charge in [-0.1, -0.05) is 62.4 Å². The Bertz CT molecular complexity index is 784. The highest BCUT2D eigenvalue weighted by atomic mass is 16.5. The van der Waals surface area contributed by atoms with Crippen LogP contribution in [0.2, 0.25) is 0 Å². The van der Waals surface area contributed by atoms with Crippen LogP contribution in [0.4, 0.5) is 0 Å². The SMILES string of the molecule is CC(C)[C@H](C)NC(=O)COC(=O)c1ccccc1C(=O)c1ccccc1. The summed E-state index contributed by atoms with van der Waals surface area (Å²) in [5, 5.41) is 2.77. The van der Waals surface area contributed by atoms with Gasteiger partial charge in [0.05, 0.1) is 5.56 Å². The van der Waals surface area contributed by atoms with E-state index in [-0.39, 0.29) is 41.4 Å². The summed E-state index contributed by atoms with van der Waals surface area (Å²) in [6, 6.07) is 15.1. The van der Waals surface area contributed by atoms with Gasteiger partial charge in [0, 0.05) is 17.2 Å². The van der Waals surface area contributed by atoms with E-state index in [0.717, 1.165) is 0 Å². The van der Waals surface area contributed by atoms with Gasteiger partial charge in [-0.05, 0) is 18.9 Å². The molecule has 0 bridgehead atoms. The largest absolute Gasteiger partial charge is 0.452 e. The van der Waals surface area contributed by atoms with Crippen molar-refractivity contribution < 1.29 is 19.1 Å². The summed E-state index contributed by atoms with van der Waals surface area (Å²) in [5.74, 6) is -1.06.